The smallest absolute Gasteiger partial charge is 0.166 e. The molecule has 0 aliphatic heterocycles. The number of hydrogen-bond donors (Lipinski definition) is 2. The van der Waals surface area contributed by atoms with Gasteiger partial charge in [0.2, 0.25) is 0 Å². The van der Waals surface area contributed by atoms with Crippen molar-refractivity contribution in [3.05, 3.63) is 47.0 Å². The SMILES string of the molecule is OC/C=C/[C@H](OC1(O)CCCC1)c1ccccc1Cl. The van der Waals surface area contributed by atoms with Gasteiger partial charge in [0.05, 0.1) is 6.61 Å². The van der Waals surface area contributed by atoms with Gasteiger partial charge in [-0.3, -0.25) is 0 Å². The van der Waals surface area contributed by atoms with Gasteiger partial charge in [0.15, 0.2) is 5.79 Å². The van der Waals surface area contributed by atoms with Crippen LogP contribution in [0.4, 0.5) is 0 Å². The highest BCUT2D eigenvalue weighted by Crippen LogP contribution is 2.37. The Kier molecular flexibility index (Phi) is 4.99. The van der Waals surface area contributed by atoms with Gasteiger partial charge in [-0.1, -0.05) is 42.0 Å². The third-order valence-electron chi connectivity index (χ3n) is 3.36. The maximum atomic E-state index is 10.4. The van der Waals surface area contributed by atoms with Gasteiger partial charge in [-0.15, -0.1) is 0 Å². The van der Waals surface area contributed by atoms with Gasteiger partial charge in [-0.05, 0) is 18.9 Å². The maximum absolute atomic E-state index is 10.4. The van der Waals surface area contributed by atoms with E-state index in [-0.39, 0.29) is 6.61 Å². The molecular formula is C15H19ClO3. The van der Waals surface area contributed by atoms with Crippen molar-refractivity contribution in [3.8, 4) is 0 Å². The Bertz CT molecular complexity index is 439. The van der Waals surface area contributed by atoms with Crippen LogP contribution in [0, 0.1) is 0 Å². The van der Waals surface area contributed by atoms with Gasteiger partial charge in [0.1, 0.15) is 6.10 Å². The van der Waals surface area contributed by atoms with Crippen LogP contribution < -0.4 is 0 Å². The average molecular weight is 283 g/mol. The summed E-state index contributed by atoms with van der Waals surface area (Å²) in [5.74, 6) is -1.08. The Morgan fingerprint density at radius 3 is 2.63 bits per heavy atom. The molecule has 4 heteroatoms. The fourth-order valence-corrected chi connectivity index (χ4v) is 2.62. The third kappa shape index (κ3) is 3.80. The number of aliphatic hydroxyl groups is 2. The molecule has 1 aliphatic rings. The highest BCUT2D eigenvalue weighted by Gasteiger charge is 2.34. The molecule has 0 saturated heterocycles. The summed E-state index contributed by atoms with van der Waals surface area (Å²) in [6, 6.07) is 7.39. The molecule has 19 heavy (non-hydrogen) atoms. The lowest BCUT2D eigenvalue weighted by Gasteiger charge is -2.28. The molecule has 0 heterocycles. The second kappa shape index (κ2) is 6.53. The summed E-state index contributed by atoms with van der Waals surface area (Å²) in [4.78, 5) is 0. The molecule has 0 aromatic heterocycles. The predicted molar refractivity (Wildman–Crippen MR) is 74.9 cm³/mol. The Hall–Kier alpha value is -0.870. The molecule has 3 nitrogen and oxygen atoms in total. The minimum atomic E-state index is -1.08. The molecular weight excluding hydrogens is 264 g/mol. The highest BCUT2D eigenvalue weighted by molar-refractivity contribution is 6.31. The van der Waals surface area contributed by atoms with Gasteiger partial charge in [-0.25, -0.2) is 0 Å². The van der Waals surface area contributed by atoms with Crippen molar-refractivity contribution >= 4 is 11.6 Å². The van der Waals surface area contributed by atoms with Crippen molar-refractivity contribution in [1.82, 2.24) is 0 Å². The summed E-state index contributed by atoms with van der Waals surface area (Å²) < 4.78 is 5.84. The second-order valence-corrected chi connectivity index (χ2v) is 5.23. The summed E-state index contributed by atoms with van der Waals surface area (Å²) >= 11 is 6.17. The minimum Gasteiger partial charge on any atom is -0.392 e. The number of halogens is 1. The zero-order valence-corrected chi connectivity index (χ0v) is 11.5. The molecule has 1 fully saturated rings. The molecule has 2 N–H and O–H groups in total. The van der Waals surface area contributed by atoms with Gasteiger partial charge in [0, 0.05) is 23.4 Å². The molecule has 1 aliphatic carbocycles. The zero-order chi connectivity index (χ0) is 13.7. The van der Waals surface area contributed by atoms with E-state index in [2.05, 4.69) is 0 Å². The monoisotopic (exact) mass is 282 g/mol. The van der Waals surface area contributed by atoms with Crippen molar-refractivity contribution < 1.29 is 14.9 Å². The lowest BCUT2D eigenvalue weighted by atomic mass is 10.1. The topological polar surface area (TPSA) is 49.7 Å². The van der Waals surface area contributed by atoms with E-state index in [4.69, 9.17) is 21.4 Å². The molecule has 1 saturated carbocycles. The van der Waals surface area contributed by atoms with Crippen LogP contribution in [0.25, 0.3) is 0 Å². The van der Waals surface area contributed by atoms with E-state index >= 15 is 0 Å². The summed E-state index contributed by atoms with van der Waals surface area (Å²) in [6.07, 6.45) is 6.11. The quantitative estimate of drug-likeness (QED) is 0.644. The molecule has 104 valence electrons. The zero-order valence-electron chi connectivity index (χ0n) is 10.8. The highest BCUT2D eigenvalue weighted by atomic mass is 35.5. The van der Waals surface area contributed by atoms with E-state index in [1.165, 1.54) is 0 Å². The summed E-state index contributed by atoms with van der Waals surface area (Å²) in [5.41, 5.74) is 0.800. The molecule has 0 unspecified atom stereocenters. The number of hydrogen-bond acceptors (Lipinski definition) is 3. The van der Waals surface area contributed by atoms with Crippen molar-refractivity contribution in [3.63, 3.8) is 0 Å². The molecule has 0 spiro atoms. The van der Waals surface area contributed by atoms with E-state index in [9.17, 15) is 5.11 Å². The lowest BCUT2D eigenvalue weighted by Crippen LogP contribution is -2.30. The van der Waals surface area contributed by atoms with Gasteiger partial charge >= 0.3 is 0 Å². The lowest BCUT2D eigenvalue weighted by molar-refractivity contribution is -0.216. The van der Waals surface area contributed by atoms with Gasteiger partial charge in [-0.2, -0.15) is 0 Å². The number of ether oxygens (including phenoxy) is 1. The first kappa shape index (κ1) is 14.5. The third-order valence-corrected chi connectivity index (χ3v) is 3.70. The van der Waals surface area contributed by atoms with Crippen LogP contribution in [0.15, 0.2) is 36.4 Å². The predicted octanol–water partition coefficient (Wildman–Crippen LogP) is 3.21. The molecule has 2 rings (SSSR count). The summed E-state index contributed by atoms with van der Waals surface area (Å²) in [6.45, 7) is -0.0667. The van der Waals surface area contributed by atoms with Gasteiger partial charge < -0.3 is 14.9 Å². The van der Waals surface area contributed by atoms with Crippen molar-refractivity contribution in [2.24, 2.45) is 0 Å². The van der Waals surface area contributed by atoms with Crippen LogP contribution in [-0.2, 0) is 4.74 Å². The normalized spacial score (nSPS) is 19.9. The van der Waals surface area contributed by atoms with E-state index in [1.54, 1.807) is 18.2 Å². The van der Waals surface area contributed by atoms with E-state index in [1.807, 2.05) is 18.2 Å². The van der Waals surface area contributed by atoms with E-state index < -0.39 is 11.9 Å². The van der Waals surface area contributed by atoms with Crippen LogP contribution in [0.3, 0.4) is 0 Å². The fraction of sp³-hybridized carbons (Fsp3) is 0.467. The van der Waals surface area contributed by atoms with Crippen LogP contribution >= 0.6 is 11.6 Å². The Morgan fingerprint density at radius 2 is 2.00 bits per heavy atom. The Labute approximate surface area is 118 Å². The minimum absolute atomic E-state index is 0.0667. The number of rotatable bonds is 5. The Balaban J connectivity index is 2.21. The first-order chi connectivity index (χ1) is 9.14. The largest absolute Gasteiger partial charge is 0.392 e. The molecule has 0 amide bonds. The summed E-state index contributed by atoms with van der Waals surface area (Å²) in [7, 11) is 0. The standard InChI is InChI=1S/C15H19ClO3/c16-13-7-2-1-6-12(13)14(8-5-11-17)19-15(18)9-3-4-10-15/h1-2,5-8,14,17-18H,3-4,9-11H2/b8-5+/t14-/m0/s1. The van der Waals surface area contributed by atoms with Crippen LogP contribution in [0.2, 0.25) is 5.02 Å². The summed E-state index contributed by atoms with van der Waals surface area (Å²) in [5, 5.41) is 19.9. The van der Waals surface area contributed by atoms with Gasteiger partial charge in [0.25, 0.3) is 0 Å². The van der Waals surface area contributed by atoms with E-state index in [0.29, 0.717) is 17.9 Å². The van der Waals surface area contributed by atoms with Crippen LogP contribution in [0.1, 0.15) is 37.4 Å². The fourth-order valence-electron chi connectivity index (χ4n) is 2.38. The molecule has 1 aromatic carbocycles. The molecule has 1 aromatic rings. The first-order valence-corrected chi connectivity index (χ1v) is 6.94. The second-order valence-electron chi connectivity index (χ2n) is 4.82. The average Bonchev–Trinajstić information content (AvgIpc) is 2.82. The maximum Gasteiger partial charge on any atom is 0.166 e. The Morgan fingerprint density at radius 1 is 1.32 bits per heavy atom. The van der Waals surface area contributed by atoms with Crippen molar-refractivity contribution in [2.45, 2.75) is 37.6 Å². The number of benzene rings is 1. The molecule has 0 radical (unpaired) electrons. The van der Waals surface area contributed by atoms with E-state index in [0.717, 1.165) is 18.4 Å². The van der Waals surface area contributed by atoms with Crippen LogP contribution in [-0.4, -0.2) is 22.6 Å². The van der Waals surface area contributed by atoms with Crippen LogP contribution in [0.5, 0.6) is 0 Å². The number of aliphatic hydroxyl groups excluding tert-OH is 1. The molecule has 0 bridgehead atoms. The van der Waals surface area contributed by atoms with Crippen molar-refractivity contribution in [2.75, 3.05) is 6.61 Å². The first-order valence-electron chi connectivity index (χ1n) is 6.57. The molecule has 1 atom stereocenters. The van der Waals surface area contributed by atoms with Crippen molar-refractivity contribution in [1.29, 1.82) is 0 Å².